The molecule has 1 amide bonds. The Hall–Kier alpha value is -2.77. The summed E-state index contributed by atoms with van der Waals surface area (Å²) >= 11 is 0. The van der Waals surface area contributed by atoms with Crippen molar-refractivity contribution in [3.05, 3.63) is 48.5 Å². The minimum absolute atomic E-state index is 0.00864. The Morgan fingerprint density at radius 1 is 1.17 bits per heavy atom. The zero-order valence-corrected chi connectivity index (χ0v) is 12.3. The Bertz CT molecular complexity index is 650. The topological polar surface area (TPSA) is 117 Å². The Balaban J connectivity index is 0.000000595. The first-order chi connectivity index (χ1) is 11.1. The lowest BCUT2D eigenvalue weighted by Crippen LogP contribution is -2.50. The van der Waals surface area contributed by atoms with E-state index in [0.717, 1.165) is 5.75 Å². The van der Waals surface area contributed by atoms with Gasteiger partial charge in [-0.1, -0.05) is 18.2 Å². The molecule has 2 aromatic rings. The smallest absolute Gasteiger partial charge is 0.255 e. The average Bonchev–Trinajstić information content (AvgIpc) is 2.57. The van der Waals surface area contributed by atoms with E-state index in [1.54, 1.807) is 18.2 Å². The number of amides is 1. The number of nitrogens with two attached hydrogens (primary N) is 2. The van der Waals surface area contributed by atoms with Crippen LogP contribution >= 0.6 is 0 Å². The highest BCUT2D eigenvalue weighted by Crippen LogP contribution is 2.38. The number of carbonyl (C=O) groups is 1. The molecule has 0 bridgehead atoms. The maximum Gasteiger partial charge on any atom is 0.255 e. The lowest BCUT2D eigenvalue weighted by atomic mass is 10.2. The van der Waals surface area contributed by atoms with Crippen LogP contribution in [-0.4, -0.2) is 30.5 Å². The lowest BCUT2D eigenvalue weighted by Gasteiger charge is -2.32. The third-order valence-electron chi connectivity index (χ3n) is 2.97. The summed E-state index contributed by atoms with van der Waals surface area (Å²) in [7, 11) is 0. The second kappa shape index (κ2) is 7.48. The summed E-state index contributed by atoms with van der Waals surface area (Å²) < 4.78 is 16.6. The van der Waals surface area contributed by atoms with Crippen molar-refractivity contribution < 1.29 is 24.1 Å². The molecule has 0 radical (unpaired) electrons. The molecule has 1 heterocycles. The van der Waals surface area contributed by atoms with Gasteiger partial charge in [0.05, 0.1) is 6.54 Å². The van der Waals surface area contributed by atoms with Crippen molar-refractivity contribution in [2.45, 2.75) is 5.79 Å². The van der Waals surface area contributed by atoms with Crippen LogP contribution in [-0.2, 0) is 4.79 Å². The van der Waals surface area contributed by atoms with Crippen molar-refractivity contribution in [2.75, 3.05) is 13.2 Å². The van der Waals surface area contributed by atoms with Crippen LogP contribution in [0, 0.1) is 0 Å². The molecule has 0 fully saturated rings. The first-order valence-electron chi connectivity index (χ1n) is 6.87. The molecule has 0 spiro atoms. The van der Waals surface area contributed by atoms with Gasteiger partial charge >= 0.3 is 0 Å². The van der Waals surface area contributed by atoms with Gasteiger partial charge < -0.3 is 30.8 Å². The van der Waals surface area contributed by atoms with Crippen LogP contribution in [0.3, 0.4) is 0 Å². The number of para-hydroxylation sites is 1. The van der Waals surface area contributed by atoms with Crippen LogP contribution in [0.15, 0.2) is 48.5 Å². The van der Waals surface area contributed by atoms with Crippen molar-refractivity contribution in [1.82, 2.24) is 0 Å². The molecule has 122 valence electrons. The van der Waals surface area contributed by atoms with Crippen molar-refractivity contribution >= 4 is 6.41 Å². The first-order valence-corrected chi connectivity index (χ1v) is 6.87. The number of carbonyl (C=O) groups excluding carboxylic acids is 1. The van der Waals surface area contributed by atoms with Crippen LogP contribution in [0.5, 0.6) is 23.0 Å². The van der Waals surface area contributed by atoms with Gasteiger partial charge in [0.1, 0.15) is 11.5 Å². The van der Waals surface area contributed by atoms with Gasteiger partial charge in [-0.2, -0.15) is 0 Å². The van der Waals surface area contributed by atoms with Crippen molar-refractivity contribution in [2.24, 2.45) is 11.5 Å². The van der Waals surface area contributed by atoms with Crippen molar-refractivity contribution in [3.63, 3.8) is 0 Å². The fraction of sp³-hybridized carbons (Fsp3) is 0.188. The van der Waals surface area contributed by atoms with Crippen LogP contribution in [0.2, 0.25) is 0 Å². The quantitative estimate of drug-likeness (QED) is 0.727. The molecule has 7 nitrogen and oxygen atoms in total. The third-order valence-corrected chi connectivity index (χ3v) is 2.97. The first kappa shape index (κ1) is 16.6. The molecule has 1 aliphatic heterocycles. The fourth-order valence-electron chi connectivity index (χ4n) is 1.90. The molecule has 0 aromatic heterocycles. The van der Waals surface area contributed by atoms with Gasteiger partial charge in [0.25, 0.3) is 5.79 Å². The Morgan fingerprint density at radius 3 is 2.52 bits per heavy atom. The van der Waals surface area contributed by atoms with Crippen LogP contribution < -0.4 is 25.7 Å². The number of hydrogen-bond acceptors (Lipinski definition) is 6. The highest BCUT2D eigenvalue weighted by atomic mass is 16.7. The monoisotopic (exact) mass is 318 g/mol. The number of fused-ring (bicyclic) bond motifs is 1. The normalized spacial score (nSPS) is 18.3. The molecule has 3 rings (SSSR count). The zero-order valence-electron chi connectivity index (χ0n) is 12.3. The maximum absolute atomic E-state index is 9.93. The van der Waals surface area contributed by atoms with E-state index >= 15 is 0 Å². The molecule has 1 aliphatic rings. The molecule has 23 heavy (non-hydrogen) atoms. The number of rotatable bonds is 3. The van der Waals surface area contributed by atoms with E-state index < -0.39 is 5.79 Å². The lowest BCUT2D eigenvalue weighted by molar-refractivity contribution is -0.166. The van der Waals surface area contributed by atoms with E-state index in [9.17, 15) is 5.11 Å². The standard InChI is InChI=1S/C15H15NO4.CH3NO/c16-9-15(17)10-18-14-8-12(6-7-13(14)20-15)19-11-4-2-1-3-5-11;2-1-3/h1-8,17H,9-10,16H2;1H,(H2,2,3). The Kier molecular flexibility index (Phi) is 5.40. The summed E-state index contributed by atoms with van der Waals surface area (Å²) in [5, 5.41) is 9.93. The van der Waals surface area contributed by atoms with Crippen molar-refractivity contribution in [3.8, 4) is 23.0 Å². The van der Waals surface area contributed by atoms with E-state index in [1.165, 1.54) is 0 Å². The van der Waals surface area contributed by atoms with E-state index in [0.29, 0.717) is 17.2 Å². The minimum Gasteiger partial charge on any atom is -0.483 e. The molecule has 0 saturated heterocycles. The fourth-order valence-corrected chi connectivity index (χ4v) is 1.90. The number of benzene rings is 2. The summed E-state index contributed by atoms with van der Waals surface area (Å²) in [5.41, 5.74) is 9.61. The Labute approximate surface area is 133 Å². The molecule has 0 saturated carbocycles. The van der Waals surface area contributed by atoms with Gasteiger partial charge in [-0.15, -0.1) is 0 Å². The predicted octanol–water partition coefficient (Wildman–Crippen LogP) is 0.999. The van der Waals surface area contributed by atoms with E-state index in [4.69, 9.17) is 24.7 Å². The summed E-state index contributed by atoms with van der Waals surface area (Å²) in [6.07, 6.45) is 0.250. The predicted molar refractivity (Wildman–Crippen MR) is 83.3 cm³/mol. The second-order valence-electron chi connectivity index (χ2n) is 4.70. The van der Waals surface area contributed by atoms with E-state index in [-0.39, 0.29) is 19.6 Å². The molecular formula is C16H18N2O5. The maximum atomic E-state index is 9.93. The number of aliphatic hydroxyl groups is 1. The second-order valence-corrected chi connectivity index (χ2v) is 4.70. The number of hydrogen-bond donors (Lipinski definition) is 3. The molecule has 0 aliphatic carbocycles. The molecule has 7 heteroatoms. The largest absolute Gasteiger partial charge is 0.483 e. The third kappa shape index (κ3) is 4.35. The zero-order chi connectivity index (χ0) is 16.7. The van der Waals surface area contributed by atoms with Crippen LogP contribution in [0.25, 0.3) is 0 Å². The number of primary amides is 1. The van der Waals surface area contributed by atoms with Gasteiger partial charge in [0, 0.05) is 6.07 Å². The summed E-state index contributed by atoms with van der Waals surface area (Å²) in [6.45, 7) is -0.0417. The molecule has 1 unspecified atom stereocenters. The summed E-state index contributed by atoms with van der Waals surface area (Å²) in [4.78, 5) is 8.58. The van der Waals surface area contributed by atoms with Crippen molar-refractivity contribution in [1.29, 1.82) is 0 Å². The van der Waals surface area contributed by atoms with Gasteiger partial charge in [-0.3, -0.25) is 4.79 Å². The average molecular weight is 318 g/mol. The molecule has 5 N–H and O–H groups in total. The van der Waals surface area contributed by atoms with Crippen LogP contribution in [0.4, 0.5) is 0 Å². The number of ether oxygens (including phenoxy) is 3. The van der Waals surface area contributed by atoms with Gasteiger partial charge in [0.2, 0.25) is 6.41 Å². The Morgan fingerprint density at radius 2 is 1.87 bits per heavy atom. The van der Waals surface area contributed by atoms with E-state index in [2.05, 4.69) is 5.73 Å². The van der Waals surface area contributed by atoms with Gasteiger partial charge in [-0.25, -0.2) is 0 Å². The van der Waals surface area contributed by atoms with Gasteiger partial charge in [-0.05, 0) is 24.3 Å². The minimum atomic E-state index is -1.46. The van der Waals surface area contributed by atoms with E-state index in [1.807, 2.05) is 30.3 Å². The van der Waals surface area contributed by atoms with Crippen LogP contribution in [0.1, 0.15) is 0 Å². The summed E-state index contributed by atoms with van der Waals surface area (Å²) in [6, 6.07) is 14.6. The highest BCUT2D eigenvalue weighted by Gasteiger charge is 2.34. The highest BCUT2D eigenvalue weighted by molar-refractivity contribution is 5.48. The summed E-state index contributed by atoms with van der Waals surface area (Å²) in [5.74, 6) is 0.884. The molecule has 1 atom stereocenters. The van der Waals surface area contributed by atoms with Gasteiger partial charge in [0.15, 0.2) is 18.1 Å². The molecule has 2 aromatic carbocycles. The SMILES string of the molecule is NC=O.NCC1(O)COc2cc(Oc3ccccc3)ccc2O1. The molecular weight excluding hydrogens is 300 g/mol.